The summed E-state index contributed by atoms with van der Waals surface area (Å²) >= 11 is 0. The molecule has 0 heterocycles. The van der Waals surface area contributed by atoms with Crippen LogP contribution in [0.2, 0.25) is 0 Å². The molecule has 0 unspecified atom stereocenters. The highest BCUT2D eigenvalue weighted by Crippen LogP contribution is 2.48. The Bertz CT molecular complexity index is 1160. The lowest BCUT2D eigenvalue weighted by atomic mass is 9.95. The molecule has 1 aliphatic rings. The summed E-state index contributed by atoms with van der Waals surface area (Å²) in [5.41, 5.74) is 7.96. The molecule has 0 spiro atoms. The molecule has 2 N–H and O–H groups in total. The van der Waals surface area contributed by atoms with Crippen LogP contribution in [-0.2, 0) is 17.6 Å². The van der Waals surface area contributed by atoms with E-state index in [1.165, 1.54) is 11.1 Å². The molecule has 0 aliphatic heterocycles. The molecule has 1 saturated carbocycles. The van der Waals surface area contributed by atoms with Gasteiger partial charge in [-0.2, -0.15) is 0 Å². The Morgan fingerprint density at radius 1 is 0.879 bits per heavy atom. The third kappa shape index (κ3) is 5.33. The number of amides is 1. The van der Waals surface area contributed by atoms with Gasteiger partial charge in [-0.05, 0) is 91.8 Å². The van der Waals surface area contributed by atoms with Crippen molar-refractivity contribution >= 4 is 17.6 Å². The van der Waals surface area contributed by atoms with Crippen molar-refractivity contribution in [2.45, 2.75) is 52.4 Å². The van der Waals surface area contributed by atoms with Crippen LogP contribution >= 0.6 is 0 Å². The monoisotopic (exact) mass is 441 g/mol. The van der Waals surface area contributed by atoms with Crippen molar-refractivity contribution in [2.75, 3.05) is 5.32 Å². The third-order valence-electron chi connectivity index (χ3n) is 6.64. The number of benzene rings is 3. The molecule has 0 aromatic heterocycles. The van der Waals surface area contributed by atoms with Crippen LogP contribution in [0, 0.1) is 26.7 Å². The molecule has 1 fully saturated rings. The SMILES string of the molecule is Cc1ccc([C@H]2C[C@H]2C(=O)O)cc1NC(=O)c1c(C)cc(CCCc2ccccc2)cc1C. The predicted molar refractivity (Wildman–Crippen MR) is 132 cm³/mol. The van der Waals surface area contributed by atoms with Crippen molar-refractivity contribution in [1.82, 2.24) is 0 Å². The second kappa shape index (κ2) is 9.62. The number of aryl methyl sites for hydroxylation is 5. The van der Waals surface area contributed by atoms with Crippen LogP contribution in [0.1, 0.15) is 62.5 Å². The van der Waals surface area contributed by atoms with Crippen molar-refractivity contribution in [3.8, 4) is 0 Å². The maximum atomic E-state index is 13.2. The second-order valence-electron chi connectivity index (χ2n) is 9.26. The zero-order valence-electron chi connectivity index (χ0n) is 19.5. The molecular formula is C29H31NO3. The number of carbonyl (C=O) groups is 2. The van der Waals surface area contributed by atoms with E-state index in [1.807, 2.05) is 45.0 Å². The first-order valence-corrected chi connectivity index (χ1v) is 11.6. The van der Waals surface area contributed by atoms with Gasteiger partial charge in [0.25, 0.3) is 5.91 Å². The molecule has 0 radical (unpaired) electrons. The summed E-state index contributed by atoms with van der Waals surface area (Å²) < 4.78 is 0. The van der Waals surface area contributed by atoms with Crippen LogP contribution in [0.25, 0.3) is 0 Å². The Morgan fingerprint density at radius 3 is 2.18 bits per heavy atom. The van der Waals surface area contributed by atoms with Gasteiger partial charge in [0.05, 0.1) is 5.92 Å². The van der Waals surface area contributed by atoms with E-state index < -0.39 is 5.97 Å². The fourth-order valence-electron chi connectivity index (χ4n) is 4.72. The molecule has 33 heavy (non-hydrogen) atoms. The fourth-order valence-corrected chi connectivity index (χ4v) is 4.72. The number of aliphatic carboxylic acids is 1. The van der Waals surface area contributed by atoms with Crippen LogP contribution < -0.4 is 5.32 Å². The first-order valence-electron chi connectivity index (χ1n) is 11.6. The normalized spacial score (nSPS) is 16.9. The Labute approximate surface area is 195 Å². The number of carbonyl (C=O) groups excluding carboxylic acids is 1. The standard InChI is InChI=1S/C29H31NO3/c1-18-12-13-23(24-17-25(24)29(32)33)16-26(18)30-28(31)27-19(2)14-22(15-20(27)3)11-7-10-21-8-5-4-6-9-21/h4-6,8-9,12-16,24-25H,7,10-11,17H2,1-3H3,(H,30,31)(H,32,33)/t24-,25-/m1/s1. The topological polar surface area (TPSA) is 66.4 Å². The number of rotatable bonds is 8. The third-order valence-corrected chi connectivity index (χ3v) is 6.64. The van der Waals surface area contributed by atoms with Crippen molar-refractivity contribution in [2.24, 2.45) is 5.92 Å². The van der Waals surface area contributed by atoms with E-state index in [-0.39, 0.29) is 17.7 Å². The molecule has 0 saturated heterocycles. The van der Waals surface area contributed by atoms with E-state index in [0.29, 0.717) is 12.0 Å². The maximum absolute atomic E-state index is 13.2. The van der Waals surface area contributed by atoms with E-state index in [2.05, 4.69) is 41.7 Å². The van der Waals surface area contributed by atoms with Gasteiger partial charge in [0, 0.05) is 11.3 Å². The van der Waals surface area contributed by atoms with Crippen LogP contribution in [0.5, 0.6) is 0 Å². The van der Waals surface area contributed by atoms with E-state index in [4.69, 9.17) is 0 Å². The minimum Gasteiger partial charge on any atom is -0.481 e. The maximum Gasteiger partial charge on any atom is 0.307 e. The quantitative estimate of drug-likeness (QED) is 0.436. The van der Waals surface area contributed by atoms with Gasteiger partial charge in [-0.3, -0.25) is 9.59 Å². The van der Waals surface area contributed by atoms with Gasteiger partial charge < -0.3 is 10.4 Å². The average molecular weight is 442 g/mol. The van der Waals surface area contributed by atoms with Crippen LogP contribution in [-0.4, -0.2) is 17.0 Å². The number of anilines is 1. The largest absolute Gasteiger partial charge is 0.481 e. The Hall–Kier alpha value is -3.40. The molecule has 3 aromatic carbocycles. The van der Waals surface area contributed by atoms with Crippen molar-refractivity contribution < 1.29 is 14.7 Å². The van der Waals surface area contributed by atoms with Crippen LogP contribution in [0.4, 0.5) is 5.69 Å². The first-order chi connectivity index (χ1) is 15.8. The molecule has 1 amide bonds. The molecule has 2 atom stereocenters. The average Bonchev–Trinajstić information content (AvgIpc) is 3.57. The minimum atomic E-state index is -0.749. The van der Waals surface area contributed by atoms with Crippen LogP contribution in [0.3, 0.4) is 0 Å². The summed E-state index contributed by atoms with van der Waals surface area (Å²) in [5, 5.41) is 12.3. The molecule has 4 rings (SSSR count). The smallest absolute Gasteiger partial charge is 0.307 e. The fraction of sp³-hybridized carbons (Fsp3) is 0.310. The molecule has 4 heteroatoms. The Morgan fingerprint density at radius 2 is 1.55 bits per heavy atom. The summed E-state index contributed by atoms with van der Waals surface area (Å²) in [6.45, 7) is 5.94. The lowest BCUT2D eigenvalue weighted by Gasteiger charge is -2.15. The number of carboxylic acids is 1. The van der Waals surface area contributed by atoms with E-state index >= 15 is 0 Å². The minimum absolute atomic E-state index is 0.0393. The van der Waals surface area contributed by atoms with Crippen molar-refractivity contribution in [1.29, 1.82) is 0 Å². The van der Waals surface area contributed by atoms with Gasteiger partial charge in [-0.15, -0.1) is 0 Å². The Balaban J connectivity index is 1.44. The van der Waals surface area contributed by atoms with Gasteiger partial charge >= 0.3 is 5.97 Å². The van der Waals surface area contributed by atoms with Crippen molar-refractivity contribution in [3.63, 3.8) is 0 Å². The zero-order valence-corrected chi connectivity index (χ0v) is 19.5. The number of hydrogen-bond donors (Lipinski definition) is 2. The molecule has 170 valence electrons. The lowest BCUT2D eigenvalue weighted by molar-refractivity contribution is -0.138. The summed E-state index contributed by atoms with van der Waals surface area (Å²) in [6, 6.07) is 20.6. The number of nitrogens with one attached hydrogen (secondary N) is 1. The summed E-state index contributed by atoms with van der Waals surface area (Å²) in [6.07, 6.45) is 3.75. The summed E-state index contributed by atoms with van der Waals surface area (Å²) in [7, 11) is 0. The second-order valence-corrected chi connectivity index (χ2v) is 9.26. The Kier molecular flexibility index (Phi) is 6.64. The molecular weight excluding hydrogens is 410 g/mol. The highest BCUT2D eigenvalue weighted by molar-refractivity contribution is 6.06. The molecule has 0 bridgehead atoms. The van der Waals surface area contributed by atoms with Gasteiger partial charge in [-0.1, -0.05) is 54.6 Å². The van der Waals surface area contributed by atoms with Gasteiger partial charge in [-0.25, -0.2) is 0 Å². The molecule has 1 aliphatic carbocycles. The van der Waals surface area contributed by atoms with E-state index in [0.717, 1.165) is 47.2 Å². The molecule has 4 nitrogen and oxygen atoms in total. The number of carboxylic acid groups (broad SMARTS) is 1. The predicted octanol–water partition coefficient (Wildman–Crippen LogP) is 6.23. The van der Waals surface area contributed by atoms with Gasteiger partial charge in [0.2, 0.25) is 0 Å². The van der Waals surface area contributed by atoms with E-state index in [9.17, 15) is 14.7 Å². The lowest BCUT2D eigenvalue weighted by Crippen LogP contribution is -2.16. The van der Waals surface area contributed by atoms with Crippen LogP contribution in [0.15, 0.2) is 60.7 Å². The number of hydrogen-bond acceptors (Lipinski definition) is 2. The van der Waals surface area contributed by atoms with Gasteiger partial charge in [0.15, 0.2) is 0 Å². The van der Waals surface area contributed by atoms with E-state index in [1.54, 1.807) is 0 Å². The highest BCUT2D eigenvalue weighted by Gasteiger charge is 2.44. The zero-order chi connectivity index (χ0) is 23.5. The van der Waals surface area contributed by atoms with Gasteiger partial charge in [0.1, 0.15) is 0 Å². The summed E-state index contributed by atoms with van der Waals surface area (Å²) in [5.74, 6) is -1.14. The van der Waals surface area contributed by atoms with Crippen molar-refractivity contribution in [3.05, 3.63) is 99.6 Å². The molecule has 3 aromatic rings. The first kappa shape index (κ1) is 22.8. The summed E-state index contributed by atoms with van der Waals surface area (Å²) in [4.78, 5) is 24.4. The highest BCUT2D eigenvalue weighted by atomic mass is 16.4.